The molecule has 1 heterocycles. The lowest BCUT2D eigenvalue weighted by Gasteiger charge is -2.17. The lowest BCUT2D eigenvalue weighted by atomic mass is 9.90. The summed E-state index contributed by atoms with van der Waals surface area (Å²) in [6.45, 7) is 6.74. The van der Waals surface area contributed by atoms with Gasteiger partial charge in [0.25, 0.3) is 0 Å². The second-order valence-corrected chi connectivity index (χ2v) is 4.83. The summed E-state index contributed by atoms with van der Waals surface area (Å²) in [5, 5.41) is 0.691. The number of nitrogen functional groups attached to an aromatic ring is 1. The minimum absolute atomic E-state index is 0.639. The molecule has 1 aromatic heterocycles. The first kappa shape index (κ1) is 10.5. The maximum atomic E-state index is 5.62. The monoisotopic (exact) mass is 198 g/mol. The maximum Gasteiger partial charge on any atom is 0.180 e. The normalized spacial score (nSPS) is 13.5. The van der Waals surface area contributed by atoms with Gasteiger partial charge in [-0.05, 0) is 18.3 Å². The Bertz CT molecular complexity index is 255. The van der Waals surface area contributed by atoms with E-state index in [4.69, 9.17) is 5.73 Å². The van der Waals surface area contributed by atoms with Crippen LogP contribution in [0, 0.1) is 5.92 Å². The smallest absolute Gasteiger partial charge is 0.180 e. The van der Waals surface area contributed by atoms with Crippen LogP contribution < -0.4 is 5.73 Å². The van der Waals surface area contributed by atoms with Crippen LogP contribution in [0.1, 0.15) is 44.4 Å². The second-order valence-electron chi connectivity index (χ2n) is 3.74. The highest BCUT2D eigenvalue weighted by Crippen LogP contribution is 2.33. The molecule has 1 rings (SSSR count). The topological polar surface area (TPSA) is 38.9 Å². The average molecular weight is 198 g/mol. The second kappa shape index (κ2) is 4.61. The van der Waals surface area contributed by atoms with Crippen LogP contribution in [0.3, 0.4) is 0 Å². The maximum absolute atomic E-state index is 5.62. The average Bonchev–Trinajstić information content (AvgIpc) is 2.46. The molecule has 0 aliphatic rings. The Hall–Kier alpha value is -0.570. The first-order valence-corrected chi connectivity index (χ1v) is 5.68. The van der Waals surface area contributed by atoms with E-state index < -0.39 is 0 Å². The van der Waals surface area contributed by atoms with Crippen molar-refractivity contribution in [1.82, 2.24) is 4.98 Å². The number of nitrogens with zero attached hydrogens (tertiary/aromatic N) is 1. The summed E-state index contributed by atoms with van der Waals surface area (Å²) in [6.07, 6.45) is 4.39. The Labute approximate surface area is 84.2 Å². The Kier molecular flexibility index (Phi) is 3.72. The van der Waals surface area contributed by atoms with Crippen LogP contribution in [0.5, 0.6) is 0 Å². The predicted octanol–water partition coefficient (Wildman–Crippen LogP) is 3.27. The van der Waals surface area contributed by atoms with Gasteiger partial charge >= 0.3 is 0 Å². The van der Waals surface area contributed by atoms with Crippen molar-refractivity contribution in [3.05, 3.63) is 11.1 Å². The van der Waals surface area contributed by atoms with Crippen molar-refractivity contribution in [3.8, 4) is 0 Å². The summed E-state index contributed by atoms with van der Waals surface area (Å²) in [5.74, 6) is 1.32. The molecule has 0 amide bonds. The molecule has 3 heteroatoms. The fourth-order valence-corrected chi connectivity index (χ4v) is 2.58. The molecule has 0 saturated carbocycles. The van der Waals surface area contributed by atoms with Crippen LogP contribution in [0.4, 0.5) is 5.13 Å². The summed E-state index contributed by atoms with van der Waals surface area (Å²) in [4.78, 5) is 5.44. The van der Waals surface area contributed by atoms with E-state index in [1.165, 1.54) is 17.7 Å². The van der Waals surface area contributed by atoms with Gasteiger partial charge in [-0.25, -0.2) is 4.98 Å². The van der Waals surface area contributed by atoms with E-state index in [0.717, 1.165) is 0 Å². The van der Waals surface area contributed by atoms with E-state index in [-0.39, 0.29) is 0 Å². The molecule has 1 atom stereocenters. The standard InChI is InChI=1S/C10H18N2S/c1-4-5-8(7(2)3)9-6-12-10(11)13-9/h6-8H,4-5H2,1-3H3,(H2,11,12). The van der Waals surface area contributed by atoms with Gasteiger partial charge < -0.3 is 5.73 Å². The molecule has 0 fully saturated rings. The largest absolute Gasteiger partial charge is 0.375 e. The van der Waals surface area contributed by atoms with Crippen molar-refractivity contribution in [2.75, 3.05) is 5.73 Å². The Morgan fingerprint density at radius 1 is 1.54 bits per heavy atom. The molecule has 0 bridgehead atoms. The van der Waals surface area contributed by atoms with Gasteiger partial charge in [-0.1, -0.05) is 27.2 Å². The minimum Gasteiger partial charge on any atom is -0.375 e. The molecule has 0 saturated heterocycles. The first-order chi connectivity index (χ1) is 6.15. The van der Waals surface area contributed by atoms with Crippen LogP contribution in [-0.2, 0) is 0 Å². The van der Waals surface area contributed by atoms with Crippen LogP contribution in [-0.4, -0.2) is 4.98 Å². The molecule has 2 nitrogen and oxygen atoms in total. The Morgan fingerprint density at radius 3 is 2.62 bits per heavy atom. The Balaban J connectivity index is 2.75. The lowest BCUT2D eigenvalue weighted by molar-refractivity contribution is 0.469. The molecule has 0 spiro atoms. The number of thiazole rings is 1. The molecule has 0 aliphatic carbocycles. The van der Waals surface area contributed by atoms with Gasteiger partial charge in [0.2, 0.25) is 0 Å². The molecule has 1 aromatic rings. The molecule has 74 valence electrons. The highest BCUT2D eigenvalue weighted by molar-refractivity contribution is 7.15. The summed E-state index contributed by atoms with van der Waals surface area (Å²) < 4.78 is 0. The molecular formula is C10H18N2S. The van der Waals surface area contributed by atoms with Gasteiger partial charge in [-0.15, -0.1) is 11.3 Å². The van der Waals surface area contributed by atoms with E-state index in [1.54, 1.807) is 11.3 Å². The molecule has 1 unspecified atom stereocenters. The number of rotatable bonds is 4. The number of hydrogen-bond donors (Lipinski definition) is 1. The third kappa shape index (κ3) is 2.69. The van der Waals surface area contributed by atoms with Crippen LogP contribution in [0.2, 0.25) is 0 Å². The van der Waals surface area contributed by atoms with Crippen LogP contribution in [0.15, 0.2) is 6.20 Å². The van der Waals surface area contributed by atoms with Crippen molar-refractivity contribution in [2.45, 2.75) is 39.5 Å². The highest BCUT2D eigenvalue weighted by atomic mass is 32.1. The van der Waals surface area contributed by atoms with E-state index in [2.05, 4.69) is 25.8 Å². The fourth-order valence-electron chi connectivity index (χ4n) is 1.59. The molecule has 0 aromatic carbocycles. The van der Waals surface area contributed by atoms with Gasteiger partial charge in [0.05, 0.1) is 0 Å². The molecule has 13 heavy (non-hydrogen) atoms. The molecule has 2 N–H and O–H groups in total. The van der Waals surface area contributed by atoms with Gasteiger partial charge in [-0.3, -0.25) is 0 Å². The lowest BCUT2D eigenvalue weighted by Crippen LogP contribution is -2.04. The van der Waals surface area contributed by atoms with Gasteiger partial charge in [-0.2, -0.15) is 0 Å². The van der Waals surface area contributed by atoms with Crippen LogP contribution >= 0.6 is 11.3 Å². The van der Waals surface area contributed by atoms with Crippen molar-refractivity contribution < 1.29 is 0 Å². The van der Waals surface area contributed by atoms with E-state index in [1.807, 2.05) is 6.20 Å². The zero-order chi connectivity index (χ0) is 9.84. The van der Waals surface area contributed by atoms with Gasteiger partial charge in [0, 0.05) is 11.1 Å². The van der Waals surface area contributed by atoms with Crippen molar-refractivity contribution in [2.24, 2.45) is 5.92 Å². The van der Waals surface area contributed by atoms with E-state index >= 15 is 0 Å². The van der Waals surface area contributed by atoms with Crippen LogP contribution in [0.25, 0.3) is 0 Å². The number of hydrogen-bond acceptors (Lipinski definition) is 3. The SMILES string of the molecule is CCCC(c1cnc(N)s1)C(C)C. The van der Waals surface area contributed by atoms with E-state index in [0.29, 0.717) is 17.0 Å². The fraction of sp³-hybridized carbons (Fsp3) is 0.700. The molecule has 0 radical (unpaired) electrons. The first-order valence-electron chi connectivity index (χ1n) is 4.86. The number of aromatic nitrogens is 1. The molecule has 0 aliphatic heterocycles. The number of nitrogens with two attached hydrogens (primary N) is 1. The zero-order valence-corrected chi connectivity index (χ0v) is 9.40. The number of anilines is 1. The Morgan fingerprint density at radius 2 is 2.23 bits per heavy atom. The molecular weight excluding hydrogens is 180 g/mol. The summed E-state index contributed by atoms with van der Waals surface area (Å²) in [7, 11) is 0. The predicted molar refractivity (Wildman–Crippen MR) is 59.0 cm³/mol. The summed E-state index contributed by atoms with van der Waals surface area (Å²) >= 11 is 1.63. The van der Waals surface area contributed by atoms with Gasteiger partial charge in [0.15, 0.2) is 5.13 Å². The van der Waals surface area contributed by atoms with Crippen molar-refractivity contribution in [3.63, 3.8) is 0 Å². The van der Waals surface area contributed by atoms with Gasteiger partial charge in [0.1, 0.15) is 0 Å². The zero-order valence-electron chi connectivity index (χ0n) is 8.58. The minimum atomic E-state index is 0.639. The van der Waals surface area contributed by atoms with Crippen molar-refractivity contribution in [1.29, 1.82) is 0 Å². The third-order valence-corrected chi connectivity index (χ3v) is 3.27. The highest BCUT2D eigenvalue weighted by Gasteiger charge is 2.16. The quantitative estimate of drug-likeness (QED) is 0.806. The summed E-state index contributed by atoms with van der Waals surface area (Å²) in [6, 6.07) is 0. The third-order valence-electron chi connectivity index (χ3n) is 2.31. The van der Waals surface area contributed by atoms with Crippen molar-refractivity contribution >= 4 is 16.5 Å². The summed E-state index contributed by atoms with van der Waals surface area (Å²) in [5.41, 5.74) is 5.62. The van der Waals surface area contributed by atoms with E-state index in [9.17, 15) is 0 Å².